The van der Waals surface area contributed by atoms with Crippen LogP contribution in [0.25, 0.3) is 0 Å². The second-order valence-corrected chi connectivity index (χ2v) is 4.96. The molecule has 100 valence electrons. The minimum Gasteiger partial charge on any atom is -0.388 e. The van der Waals surface area contributed by atoms with Crippen LogP contribution in [0.4, 0.5) is 5.82 Å². The quantitative estimate of drug-likeness (QED) is 0.772. The number of nitrogens with zero attached hydrogens (tertiary/aromatic N) is 4. The SMILES string of the molecule is CCN(c1cnc(C(N)=S)cn1)C(C)CN(C)C. The summed E-state index contributed by atoms with van der Waals surface area (Å²) < 4.78 is 0. The van der Waals surface area contributed by atoms with Gasteiger partial charge in [0.25, 0.3) is 0 Å². The molecular weight excluding hydrogens is 246 g/mol. The van der Waals surface area contributed by atoms with Gasteiger partial charge in [-0.3, -0.25) is 0 Å². The Morgan fingerprint density at radius 3 is 2.44 bits per heavy atom. The number of nitrogens with two attached hydrogens (primary N) is 1. The highest BCUT2D eigenvalue weighted by Gasteiger charge is 2.15. The molecule has 1 aromatic rings. The van der Waals surface area contributed by atoms with Gasteiger partial charge in [0.2, 0.25) is 0 Å². The molecule has 0 fully saturated rings. The lowest BCUT2D eigenvalue weighted by Crippen LogP contribution is -2.40. The molecular formula is C12H21N5S. The van der Waals surface area contributed by atoms with Gasteiger partial charge >= 0.3 is 0 Å². The van der Waals surface area contributed by atoms with E-state index in [0.717, 1.165) is 18.9 Å². The predicted octanol–water partition coefficient (Wildman–Crippen LogP) is 0.887. The van der Waals surface area contributed by atoms with Crippen LogP contribution in [0.3, 0.4) is 0 Å². The monoisotopic (exact) mass is 267 g/mol. The molecule has 0 spiro atoms. The van der Waals surface area contributed by atoms with Crippen LogP contribution in [0.5, 0.6) is 0 Å². The summed E-state index contributed by atoms with van der Waals surface area (Å²) in [6.07, 6.45) is 3.35. The van der Waals surface area contributed by atoms with E-state index >= 15 is 0 Å². The molecule has 0 aromatic carbocycles. The van der Waals surface area contributed by atoms with Gasteiger partial charge in [-0.05, 0) is 27.9 Å². The van der Waals surface area contributed by atoms with Crippen molar-refractivity contribution in [3.05, 3.63) is 18.1 Å². The van der Waals surface area contributed by atoms with Gasteiger partial charge in [-0.25, -0.2) is 9.97 Å². The Balaban J connectivity index is 2.85. The summed E-state index contributed by atoms with van der Waals surface area (Å²) in [7, 11) is 4.12. The molecule has 1 atom stereocenters. The Labute approximate surface area is 114 Å². The van der Waals surface area contributed by atoms with E-state index in [-0.39, 0.29) is 4.99 Å². The van der Waals surface area contributed by atoms with E-state index < -0.39 is 0 Å². The molecule has 5 nitrogen and oxygen atoms in total. The largest absolute Gasteiger partial charge is 0.388 e. The van der Waals surface area contributed by atoms with Crippen molar-refractivity contribution in [3.8, 4) is 0 Å². The molecule has 0 saturated carbocycles. The van der Waals surface area contributed by atoms with Gasteiger partial charge < -0.3 is 15.5 Å². The second-order valence-electron chi connectivity index (χ2n) is 4.52. The number of thiocarbonyl (C=S) groups is 1. The number of hydrogen-bond donors (Lipinski definition) is 1. The Bertz CT molecular complexity index is 390. The number of rotatable bonds is 6. The number of hydrogen-bond acceptors (Lipinski definition) is 5. The van der Waals surface area contributed by atoms with Crippen molar-refractivity contribution in [2.75, 3.05) is 32.1 Å². The van der Waals surface area contributed by atoms with Crippen molar-refractivity contribution < 1.29 is 0 Å². The zero-order valence-corrected chi connectivity index (χ0v) is 12.2. The first-order chi connectivity index (χ1) is 8.45. The summed E-state index contributed by atoms with van der Waals surface area (Å²) in [4.78, 5) is 13.2. The van der Waals surface area contributed by atoms with Gasteiger partial charge in [0, 0.05) is 19.1 Å². The molecule has 0 bridgehead atoms. The molecule has 0 aliphatic carbocycles. The highest BCUT2D eigenvalue weighted by atomic mass is 32.1. The maximum atomic E-state index is 5.51. The summed E-state index contributed by atoms with van der Waals surface area (Å²) in [5.74, 6) is 0.854. The number of likely N-dealkylation sites (N-methyl/N-ethyl adjacent to an activating group) is 2. The zero-order valence-electron chi connectivity index (χ0n) is 11.4. The van der Waals surface area contributed by atoms with E-state index in [1.54, 1.807) is 12.4 Å². The molecule has 18 heavy (non-hydrogen) atoms. The summed E-state index contributed by atoms with van der Waals surface area (Å²) >= 11 is 4.86. The van der Waals surface area contributed by atoms with E-state index in [9.17, 15) is 0 Å². The molecule has 2 N–H and O–H groups in total. The van der Waals surface area contributed by atoms with Crippen molar-refractivity contribution in [2.24, 2.45) is 5.73 Å². The second kappa shape index (κ2) is 6.61. The van der Waals surface area contributed by atoms with Crippen LogP contribution < -0.4 is 10.6 Å². The minimum atomic E-state index is 0.276. The average molecular weight is 267 g/mol. The molecule has 1 rings (SSSR count). The van der Waals surface area contributed by atoms with E-state index in [0.29, 0.717) is 11.7 Å². The lowest BCUT2D eigenvalue weighted by Gasteiger charge is -2.30. The predicted molar refractivity (Wildman–Crippen MR) is 79.0 cm³/mol. The third-order valence-electron chi connectivity index (χ3n) is 2.69. The van der Waals surface area contributed by atoms with E-state index in [4.69, 9.17) is 18.0 Å². The van der Waals surface area contributed by atoms with E-state index in [1.165, 1.54) is 0 Å². The minimum absolute atomic E-state index is 0.276. The highest BCUT2D eigenvalue weighted by molar-refractivity contribution is 7.80. The van der Waals surface area contributed by atoms with Crippen LogP contribution in [-0.4, -0.2) is 53.1 Å². The molecule has 1 aromatic heterocycles. The van der Waals surface area contributed by atoms with Crippen LogP contribution in [0.2, 0.25) is 0 Å². The van der Waals surface area contributed by atoms with Gasteiger partial charge in [0.15, 0.2) is 0 Å². The standard InChI is InChI=1S/C12H21N5S/c1-5-17(9(2)8-16(3)4)11-7-14-10(6-15-11)12(13)18/h6-7,9H,5,8H2,1-4H3,(H2,13,18). The smallest absolute Gasteiger partial charge is 0.147 e. The summed E-state index contributed by atoms with van der Waals surface area (Å²) in [5.41, 5.74) is 6.07. The van der Waals surface area contributed by atoms with E-state index in [1.807, 2.05) is 0 Å². The lowest BCUT2D eigenvalue weighted by atomic mass is 10.2. The Hall–Kier alpha value is -1.27. The Kier molecular flexibility index (Phi) is 5.43. The Morgan fingerprint density at radius 2 is 2.06 bits per heavy atom. The fourth-order valence-electron chi connectivity index (χ4n) is 1.92. The highest BCUT2D eigenvalue weighted by Crippen LogP contribution is 2.13. The Morgan fingerprint density at radius 1 is 1.39 bits per heavy atom. The van der Waals surface area contributed by atoms with Gasteiger partial charge in [-0.15, -0.1) is 0 Å². The van der Waals surface area contributed by atoms with Gasteiger partial charge in [0.1, 0.15) is 16.5 Å². The number of anilines is 1. The topological polar surface area (TPSA) is 58.3 Å². The third-order valence-corrected chi connectivity index (χ3v) is 2.90. The van der Waals surface area contributed by atoms with Gasteiger partial charge in [-0.2, -0.15) is 0 Å². The fourth-order valence-corrected chi connectivity index (χ4v) is 2.03. The molecule has 0 radical (unpaired) electrons. The van der Waals surface area contributed by atoms with Crippen molar-refractivity contribution >= 4 is 23.0 Å². The summed E-state index contributed by atoms with van der Waals surface area (Å²) in [6, 6.07) is 0.370. The maximum Gasteiger partial charge on any atom is 0.147 e. The maximum absolute atomic E-state index is 5.51. The van der Waals surface area contributed by atoms with Crippen molar-refractivity contribution in [1.29, 1.82) is 0 Å². The summed E-state index contributed by atoms with van der Waals surface area (Å²) in [5, 5.41) is 0. The number of aromatic nitrogens is 2. The molecule has 6 heteroatoms. The molecule has 0 aliphatic heterocycles. The van der Waals surface area contributed by atoms with Crippen molar-refractivity contribution in [2.45, 2.75) is 19.9 Å². The van der Waals surface area contributed by atoms with Crippen molar-refractivity contribution in [3.63, 3.8) is 0 Å². The fraction of sp³-hybridized carbons (Fsp3) is 0.583. The normalized spacial score (nSPS) is 12.5. The molecule has 0 amide bonds. The molecule has 0 aliphatic rings. The van der Waals surface area contributed by atoms with Crippen LogP contribution in [0.1, 0.15) is 19.5 Å². The van der Waals surface area contributed by atoms with Crippen LogP contribution in [0.15, 0.2) is 12.4 Å². The molecule has 1 heterocycles. The first kappa shape index (κ1) is 14.8. The molecule has 0 saturated heterocycles. The zero-order chi connectivity index (χ0) is 13.7. The molecule has 1 unspecified atom stereocenters. The van der Waals surface area contributed by atoms with Gasteiger partial charge in [-0.1, -0.05) is 12.2 Å². The van der Waals surface area contributed by atoms with Crippen LogP contribution in [-0.2, 0) is 0 Å². The van der Waals surface area contributed by atoms with Crippen LogP contribution >= 0.6 is 12.2 Å². The van der Waals surface area contributed by atoms with Crippen molar-refractivity contribution in [1.82, 2.24) is 14.9 Å². The van der Waals surface area contributed by atoms with Crippen LogP contribution in [0, 0.1) is 0 Å². The average Bonchev–Trinajstić information content (AvgIpc) is 2.29. The third kappa shape index (κ3) is 3.89. The lowest BCUT2D eigenvalue weighted by molar-refractivity contribution is 0.372. The van der Waals surface area contributed by atoms with Gasteiger partial charge in [0.05, 0.1) is 12.4 Å². The first-order valence-corrected chi connectivity index (χ1v) is 6.39. The van der Waals surface area contributed by atoms with E-state index in [2.05, 4.69) is 47.7 Å². The summed E-state index contributed by atoms with van der Waals surface area (Å²) in [6.45, 7) is 6.13. The first-order valence-electron chi connectivity index (χ1n) is 5.99.